The molecule has 0 aromatic heterocycles. The molecule has 1 amide bonds. The Bertz CT molecular complexity index is 530. The van der Waals surface area contributed by atoms with Crippen molar-refractivity contribution in [3.63, 3.8) is 0 Å². The Balaban J connectivity index is 1.56. The van der Waals surface area contributed by atoms with Crippen molar-refractivity contribution >= 4 is 11.9 Å². The molecule has 1 aliphatic heterocycles. The molecule has 1 aromatic rings. The minimum absolute atomic E-state index is 0.0785. The number of carbonyl (C=O) groups is 2. The van der Waals surface area contributed by atoms with E-state index in [2.05, 4.69) is 0 Å². The summed E-state index contributed by atoms with van der Waals surface area (Å²) in [5, 5.41) is 10.3. The van der Waals surface area contributed by atoms with Gasteiger partial charge >= 0.3 is 6.09 Å². The minimum Gasteiger partial charge on any atom is -0.445 e. The fourth-order valence-electron chi connectivity index (χ4n) is 3.05. The van der Waals surface area contributed by atoms with Crippen LogP contribution in [-0.4, -0.2) is 40.6 Å². The number of likely N-dealkylation sites (tertiary alicyclic amines) is 1. The van der Waals surface area contributed by atoms with Crippen molar-refractivity contribution < 1.29 is 19.4 Å². The quantitative estimate of drug-likeness (QED) is 0.884. The van der Waals surface area contributed by atoms with Gasteiger partial charge < -0.3 is 14.7 Å². The molecule has 2 fully saturated rings. The number of rotatable bonds is 2. The lowest BCUT2D eigenvalue weighted by Crippen LogP contribution is -2.37. The van der Waals surface area contributed by atoms with Crippen molar-refractivity contribution in [2.24, 2.45) is 5.92 Å². The highest BCUT2D eigenvalue weighted by atomic mass is 16.6. The Morgan fingerprint density at radius 2 is 2.15 bits per heavy atom. The van der Waals surface area contributed by atoms with Gasteiger partial charge in [0.15, 0.2) is 0 Å². The molecular formula is C15H17NO4. The number of nitrogens with zero attached hydrogens (tertiary/aromatic N) is 1. The third-order valence-corrected chi connectivity index (χ3v) is 4.11. The van der Waals surface area contributed by atoms with Gasteiger partial charge in [-0.2, -0.15) is 0 Å². The molecule has 1 saturated carbocycles. The largest absolute Gasteiger partial charge is 0.445 e. The third kappa shape index (κ3) is 2.41. The van der Waals surface area contributed by atoms with Crippen LogP contribution in [0.4, 0.5) is 4.79 Å². The first kappa shape index (κ1) is 13.1. The number of β-amino-alcohol motifs (C(OH)–C–C–N with tert-alkyl or cyclic N) is 1. The van der Waals surface area contributed by atoms with Crippen molar-refractivity contribution in [2.75, 3.05) is 13.1 Å². The molecule has 1 N–H and O–H groups in total. The average Bonchev–Trinajstić information content (AvgIpc) is 2.87. The van der Waals surface area contributed by atoms with Gasteiger partial charge in [-0.15, -0.1) is 0 Å². The standard InChI is InChI=1S/C15H17NO4/c17-13-6-12-8-16(10-15(12,19)7-13)14(18)20-9-11-4-2-1-3-5-11/h1-5,12,19H,6-10H2/t12-,15-/m0/s1. The Labute approximate surface area is 117 Å². The molecule has 5 nitrogen and oxygen atoms in total. The number of carbonyl (C=O) groups excluding carboxylic acids is 2. The maximum Gasteiger partial charge on any atom is 0.410 e. The van der Waals surface area contributed by atoms with Crippen LogP contribution in [0.5, 0.6) is 0 Å². The van der Waals surface area contributed by atoms with E-state index in [0.29, 0.717) is 13.0 Å². The van der Waals surface area contributed by atoms with Crippen LogP contribution in [0.25, 0.3) is 0 Å². The fourth-order valence-corrected chi connectivity index (χ4v) is 3.05. The molecule has 0 radical (unpaired) electrons. The summed E-state index contributed by atoms with van der Waals surface area (Å²) < 4.78 is 5.24. The van der Waals surface area contributed by atoms with Gasteiger partial charge in [0.1, 0.15) is 12.4 Å². The number of ketones is 1. The van der Waals surface area contributed by atoms with Crippen LogP contribution in [0.3, 0.4) is 0 Å². The van der Waals surface area contributed by atoms with Crippen LogP contribution in [-0.2, 0) is 16.1 Å². The first-order valence-corrected chi connectivity index (χ1v) is 6.76. The summed E-state index contributed by atoms with van der Waals surface area (Å²) in [7, 11) is 0. The SMILES string of the molecule is O=C1C[C@H]2CN(C(=O)OCc3ccccc3)C[C@@]2(O)C1. The summed E-state index contributed by atoms with van der Waals surface area (Å²) in [5.41, 5.74) is -0.114. The van der Waals surface area contributed by atoms with Gasteiger partial charge in [0.25, 0.3) is 0 Å². The highest BCUT2D eigenvalue weighted by Crippen LogP contribution is 2.39. The number of amides is 1. The summed E-state index contributed by atoms with van der Waals surface area (Å²) in [5.74, 6) is -0.0610. The van der Waals surface area contributed by atoms with Crippen molar-refractivity contribution in [1.29, 1.82) is 0 Å². The highest BCUT2D eigenvalue weighted by Gasteiger charge is 2.53. The van der Waals surface area contributed by atoms with Gasteiger partial charge in [0.05, 0.1) is 12.1 Å². The number of Topliss-reactive ketones (excluding diaryl/α,β-unsaturated/α-hetero) is 1. The second kappa shape index (κ2) is 4.90. The van der Waals surface area contributed by atoms with Gasteiger partial charge in [0.2, 0.25) is 0 Å². The van der Waals surface area contributed by atoms with Crippen LogP contribution < -0.4 is 0 Å². The van der Waals surface area contributed by atoms with Gasteiger partial charge in [-0.1, -0.05) is 30.3 Å². The van der Waals surface area contributed by atoms with E-state index >= 15 is 0 Å². The zero-order chi connectivity index (χ0) is 14.2. The average molecular weight is 275 g/mol. The third-order valence-electron chi connectivity index (χ3n) is 4.11. The molecule has 106 valence electrons. The predicted molar refractivity (Wildman–Crippen MR) is 70.9 cm³/mol. The van der Waals surface area contributed by atoms with E-state index in [4.69, 9.17) is 4.74 Å². The summed E-state index contributed by atoms with van der Waals surface area (Å²) in [4.78, 5) is 24.8. The first-order valence-electron chi connectivity index (χ1n) is 6.76. The van der Waals surface area contributed by atoms with E-state index in [1.165, 1.54) is 4.90 Å². The van der Waals surface area contributed by atoms with E-state index in [0.717, 1.165) is 5.56 Å². The Morgan fingerprint density at radius 1 is 1.40 bits per heavy atom. The van der Waals surface area contributed by atoms with Gasteiger partial charge in [0, 0.05) is 25.3 Å². The first-order chi connectivity index (χ1) is 9.57. The number of benzene rings is 1. The maximum atomic E-state index is 12.0. The maximum absolute atomic E-state index is 12.0. The van der Waals surface area contributed by atoms with Crippen LogP contribution in [0.15, 0.2) is 30.3 Å². The van der Waals surface area contributed by atoms with Crippen molar-refractivity contribution in [2.45, 2.75) is 25.0 Å². The number of aliphatic hydroxyl groups is 1. The summed E-state index contributed by atoms with van der Waals surface area (Å²) in [6.07, 6.45) is 0.0863. The van der Waals surface area contributed by atoms with E-state index < -0.39 is 11.7 Å². The Morgan fingerprint density at radius 3 is 2.85 bits per heavy atom. The van der Waals surface area contributed by atoms with Gasteiger partial charge in [-0.25, -0.2) is 4.79 Å². The number of hydrogen-bond donors (Lipinski definition) is 1. The summed E-state index contributed by atoms with van der Waals surface area (Å²) in [6.45, 7) is 0.811. The molecular weight excluding hydrogens is 258 g/mol. The van der Waals surface area contributed by atoms with Gasteiger partial charge in [-0.3, -0.25) is 4.79 Å². The topological polar surface area (TPSA) is 66.8 Å². The van der Waals surface area contributed by atoms with Crippen LogP contribution in [0.1, 0.15) is 18.4 Å². The van der Waals surface area contributed by atoms with Crippen LogP contribution >= 0.6 is 0 Å². The zero-order valence-electron chi connectivity index (χ0n) is 11.1. The molecule has 1 saturated heterocycles. The van der Waals surface area contributed by atoms with Crippen molar-refractivity contribution in [1.82, 2.24) is 4.90 Å². The van der Waals surface area contributed by atoms with Gasteiger partial charge in [-0.05, 0) is 5.56 Å². The monoisotopic (exact) mass is 275 g/mol. The molecule has 0 spiro atoms. The van der Waals surface area contributed by atoms with Crippen LogP contribution in [0, 0.1) is 5.92 Å². The fraction of sp³-hybridized carbons (Fsp3) is 0.467. The highest BCUT2D eigenvalue weighted by molar-refractivity contribution is 5.83. The number of hydrogen-bond acceptors (Lipinski definition) is 4. The molecule has 1 aromatic carbocycles. The molecule has 3 rings (SSSR count). The molecule has 5 heteroatoms. The molecule has 2 atom stereocenters. The predicted octanol–water partition coefficient (Wildman–Crippen LogP) is 1.35. The lowest BCUT2D eigenvalue weighted by molar-refractivity contribution is -0.119. The van der Waals surface area contributed by atoms with E-state index in [1.54, 1.807) is 0 Å². The Hall–Kier alpha value is -1.88. The normalized spacial score (nSPS) is 28.6. The lowest BCUT2D eigenvalue weighted by atomic mass is 9.95. The smallest absolute Gasteiger partial charge is 0.410 e. The molecule has 1 aliphatic carbocycles. The van der Waals surface area contributed by atoms with E-state index in [-0.39, 0.29) is 31.3 Å². The minimum atomic E-state index is -1.04. The second-order valence-corrected chi connectivity index (χ2v) is 5.64. The molecule has 20 heavy (non-hydrogen) atoms. The molecule has 0 bridgehead atoms. The molecule has 1 heterocycles. The van der Waals surface area contributed by atoms with E-state index in [9.17, 15) is 14.7 Å². The lowest BCUT2D eigenvalue weighted by Gasteiger charge is -2.20. The zero-order valence-corrected chi connectivity index (χ0v) is 11.1. The van der Waals surface area contributed by atoms with E-state index in [1.807, 2.05) is 30.3 Å². The summed E-state index contributed by atoms with van der Waals surface area (Å²) >= 11 is 0. The number of ether oxygens (including phenoxy) is 1. The summed E-state index contributed by atoms with van der Waals surface area (Å²) in [6, 6.07) is 9.45. The Kier molecular flexibility index (Phi) is 3.22. The molecule has 0 unspecified atom stereocenters. The van der Waals surface area contributed by atoms with Crippen molar-refractivity contribution in [3.8, 4) is 0 Å². The second-order valence-electron chi connectivity index (χ2n) is 5.64. The number of fused-ring (bicyclic) bond motifs is 1. The van der Waals surface area contributed by atoms with Crippen LogP contribution in [0.2, 0.25) is 0 Å². The molecule has 2 aliphatic rings. The van der Waals surface area contributed by atoms with Crippen molar-refractivity contribution in [3.05, 3.63) is 35.9 Å².